The van der Waals surface area contributed by atoms with E-state index in [4.69, 9.17) is 34.8 Å². The molecule has 0 aliphatic rings. The lowest BCUT2D eigenvalue weighted by Crippen LogP contribution is -1.99. The third kappa shape index (κ3) is 2.32. The van der Waals surface area contributed by atoms with E-state index in [-0.39, 0.29) is 0 Å². The normalized spacial score (nSPS) is 11.5. The average molecular weight is 365 g/mol. The van der Waals surface area contributed by atoms with Crippen molar-refractivity contribution in [3.63, 3.8) is 0 Å². The zero-order chi connectivity index (χ0) is 16.1. The minimum Gasteiger partial charge on any atom is -0.257 e. The molecule has 0 aliphatic carbocycles. The molecule has 0 bridgehead atoms. The number of nitrogens with zero attached hydrogens (tertiary/aromatic N) is 5. The summed E-state index contributed by atoms with van der Waals surface area (Å²) < 4.78 is 1.79. The average Bonchev–Trinajstić information content (AvgIpc) is 2.87. The van der Waals surface area contributed by atoms with Crippen molar-refractivity contribution in [1.29, 1.82) is 0 Å². The Morgan fingerprint density at radius 2 is 1.74 bits per heavy atom. The third-order valence-corrected chi connectivity index (χ3v) is 4.25. The van der Waals surface area contributed by atoms with Gasteiger partial charge in [0.15, 0.2) is 11.3 Å². The largest absolute Gasteiger partial charge is 0.257 e. The first-order valence-corrected chi connectivity index (χ1v) is 7.81. The molecule has 0 saturated carbocycles. The fourth-order valence-corrected chi connectivity index (χ4v) is 2.97. The zero-order valence-corrected chi connectivity index (χ0v) is 14.0. The molecule has 3 heterocycles. The number of pyridine rings is 1. The minimum absolute atomic E-state index is 0.362. The molecule has 0 N–H and O–H groups in total. The Labute approximate surface area is 145 Å². The molecule has 4 aromatic rings. The van der Waals surface area contributed by atoms with Gasteiger partial charge in [0.05, 0.1) is 10.7 Å². The van der Waals surface area contributed by atoms with E-state index in [0.717, 1.165) is 0 Å². The van der Waals surface area contributed by atoms with Gasteiger partial charge in [0.25, 0.3) is 0 Å². The van der Waals surface area contributed by atoms with Gasteiger partial charge in [-0.2, -0.15) is 0 Å². The van der Waals surface area contributed by atoms with Gasteiger partial charge in [-0.3, -0.25) is 4.40 Å². The van der Waals surface area contributed by atoms with Crippen molar-refractivity contribution >= 4 is 51.6 Å². The molecule has 8 heteroatoms. The van der Waals surface area contributed by atoms with Crippen LogP contribution in [-0.4, -0.2) is 24.6 Å². The van der Waals surface area contributed by atoms with Gasteiger partial charge < -0.3 is 0 Å². The molecule has 0 spiro atoms. The number of hydrogen-bond donors (Lipinski definition) is 0. The lowest BCUT2D eigenvalue weighted by atomic mass is 10.2. The maximum Gasteiger partial charge on any atom is 0.184 e. The molecule has 4 rings (SSSR count). The lowest BCUT2D eigenvalue weighted by molar-refractivity contribution is 1.02. The van der Waals surface area contributed by atoms with E-state index in [0.29, 0.717) is 49.1 Å². The maximum absolute atomic E-state index is 6.33. The predicted octanol–water partition coefficient (Wildman–Crippen LogP) is 4.61. The second-order valence-corrected chi connectivity index (χ2v) is 6.21. The molecule has 0 aliphatic heterocycles. The van der Waals surface area contributed by atoms with Crippen LogP contribution in [0.2, 0.25) is 15.2 Å². The molecule has 114 valence electrons. The van der Waals surface area contributed by atoms with E-state index in [2.05, 4.69) is 20.2 Å². The molecular weight excluding hydrogens is 357 g/mol. The summed E-state index contributed by atoms with van der Waals surface area (Å²) in [6, 6.07) is 8.64. The monoisotopic (exact) mass is 363 g/mol. The molecule has 0 saturated heterocycles. The third-order valence-electron chi connectivity index (χ3n) is 3.47. The van der Waals surface area contributed by atoms with Crippen molar-refractivity contribution in [2.24, 2.45) is 0 Å². The van der Waals surface area contributed by atoms with Gasteiger partial charge in [-0.1, -0.05) is 34.8 Å². The quantitative estimate of drug-likeness (QED) is 0.463. The van der Waals surface area contributed by atoms with Crippen LogP contribution in [0.5, 0.6) is 0 Å². The van der Waals surface area contributed by atoms with Gasteiger partial charge in [-0.05, 0) is 37.3 Å². The fourth-order valence-electron chi connectivity index (χ4n) is 2.45. The molecule has 0 radical (unpaired) electrons. The number of benzene rings is 1. The Bertz CT molecular complexity index is 1070. The number of aromatic nitrogens is 5. The van der Waals surface area contributed by atoms with Gasteiger partial charge in [0.2, 0.25) is 0 Å². The summed E-state index contributed by atoms with van der Waals surface area (Å²) >= 11 is 18.5. The van der Waals surface area contributed by atoms with E-state index >= 15 is 0 Å². The highest BCUT2D eigenvalue weighted by atomic mass is 35.5. The van der Waals surface area contributed by atoms with E-state index in [1.807, 2.05) is 6.92 Å². The summed E-state index contributed by atoms with van der Waals surface area (Å²) in [6.45, 7) is 1.85. The molecule has 0 fully saturated rings. The first kappa shape index (κ1) is 14.6. The Kier molecular flexibility index (Phi) is 3.37. The van der Waals surface area contributed by atoms with E-state index in [1.54, 1.807) is 34.7 Å². The second kappa shape index (κ2) is 5.30. The summed E-state index contributed by atoms with van der Waals surface area (Å²) in [7, 11) is 0. The van der Waals surface area contributed by atoms with E-state index < -0.39 is 0 Å². The smallest absolute Gasteiger partial charge is 0.184 e. The van der Waals surface area contributed by atoms with Crippen LogP contribution in [0.1, 0.15) is 5.69 Å². The van der Waals surface area contributed by atoms with E-state index in [1.165, 1.54) is 0 Å². The summed E-state index contributed by atoms with van der Waals surface area (Å²) in [5.74, 6) is 0.597. The summed E-state index contributed by atoms with van der Waals surface area (Å²) in [5.41, 5.74) is 3.18. The van der Waals surface area contributed by atoms with Crippen molar-refractivity contribution in [1.82, 2.24) is 24.6 Å². The van der Waals surface area contributed by atoms with Crippen LogP contribution >= 0.6 is 34.8 Å². The molecule has 0 amide bonds. The first-order chi connectivity index (χ1) is 11.0. The summed E-state index contributed by atoms with van der Waals surface area (Å²) in [5, 5.41) is 9.86. The standard InChI is InChI=1S/C15H8Cl3N5/c1-7-13-22-21-11-4-5-12(18)20-15(11)23(13)14(19-7)9-6-8(16)2-3-10(9)17/h2-6H,1H3. The van der Waals surface area contributed by atoms with Crippen LogP contribution in [0.15, 0.2) is 30.3 Å². The van der Waals surface area contributed by atoms with Crippen molar-refractivity contribution in [2.45, 2.75) is 6.92 Å². The molecule has 1 aromatic carbocycles. The molecule has 0 unspecified atom stereocenters. The van der Waals surface area contributed by atoms with Crippen LogP contribution in [0, 0.1) is 6.92 Å². The zero-order valence-electron chi connectivity index (χ0n) is 11.8. The van der Waals surface area contributed by atoms with Crippen molar-refractivity contribution < 1.29 is 0 Å². The number of hydrogen-bond acceptors (Lipinski definition) is 4. The van der Waals surface area contributed by atoms with Gasteiger partial charge in [-0.15, -0.1) is 10.2 Å². The molecule has 5 nitrogen and oxygen atoms in total. The van der Waals surface area contributed by atoms with Crippen LogP contribution in [0.3, 0.4) is 0 Å². The van der Waals surface area contributed by atoms with Crippen LogP contribution < -0.4 is 0 Å². The Hall–Kier alpha value is -1.95. The van der Waals surface area contributed by atoms with Crippen LogP contribution in [0.4, 0.5) is 0 Å². The van der Waals surface area contributed by atoms with Gasteiger partial charge in [-0.25, -0.2) is 9.97 Å². The van der Waals surface area contributed by atoms with Gasteiger partial charge in [0.1, 0.15) is 16.5 Å². The Balaban J connectivity index is 2.19. The first-order valence-electron chi connectivity index (χ1n) is 6.68. The van der Waals surface area contributed by atoms with Crippen molar-refractivity contribution in [3.05, 3.63) is 51.2 Å². The maximum atomic E-state index is 6.33. The van der Waals surface area contributed by atoms with Gasteiger partial charge >= 0.3 is 0 Å². The predicted molar refractivity (Wildman–Crippen MR) is 91.3 cm³/mol. The fraction of sp³-hybridized carbons (Fsp3) is 0.0667. The SMILES string of the molecule is Cc1nc(-c2cc(Cl)ccc2Cl)n2c1nnc1ccc(Cl)nc12. The minimum atomic E-state index is 0.362. The number of imidazole rings is 1. The van der Waals surface area contributed by atoms with Crippen LogP contribution in [-0.2, 0) is 0 Å². The summed E-state index contributed by atoms with van der Waals surface area (Å²) in [4.78, 5) is 8.94. The highest BCUT2D eigenvalue weighted by Gasteiger charge is 2.18. The Morgan fingerprint density at radius 1 is 0.913 bits per heavy atom. The summed E-state index contributed by atoms with van der Waals surface area (Å²) in [6.07, 6.45) is 0. The Morgan fingerprint density at radius 3 is 2.57 bits per heavy atom. The van der Waals surface area contributed by atoms with Crippen molar-refractivity contribution in [3.8, 4) is 11.4 Å². The number of rotatable bonds is 1. The lowest BCUT2D eigenvalue weighted by Gasteiger charge is -2.06. The molecule has 0 atom stereocenters. The van der Waals surface area contributed by atoms with Gasteiger partial charge in [0, 0.05) is 10.6 Å². The highest BCUT2D eigenvalue weighted by Crippen LogP contribution is 2.32. The topological polar surface area (TPSA) is 56.0 Å². The van der Waals surface area contributed by atoms with Crippen molar-refractivity contribution in [2.75, 3.05) is 0 Å². The number of aryl methyl sites for hydroxylation is 1. The second-order valence-electron chi connectivity index (χ2n) is 4.98. The number of fused-ring (bicyclic) bond motifs is 3. The molecule has 23 heavy (non-hydrogen) atoms. The molecule has 3 aromatic heterocycles. The molecular formula is C15H8Cl3N5. The number of halogens is 3. The highest BCUT2D eigenvalue weighted by molar-refractivity contribution is 6.35. The van der Waals surface area contributed by atoms with E-state index in [9.17, 15) is 0 Å². The van der Waals surface area contributed by atoms with Crippen LogP contribution in [0.25, 0.3) is 28.2 Å².